The number of carbonyl (C=O) groups excluding carboxylic acids is 2. The summed E-state index contributed by atoms with van der Waals surface area (Å²) < 4.78 is 0. The van der Waals surface area contributed by atoms with E-state index in [9.17, 15) is 14.4 Å². The Morgan fingerprint density at radius 2 is 1.14 bits per heavy atom. The number of aromatic nitrogens is 2. The van der Waals surface area contributed by atoms with E-state index in [0.29, 0.717) is 32.2 Å². The van der Waals surface area contributed by atoms with Gasteiger partial charge < -0.3 is 10.4 Å². The second-order valence-electron chi connectivity index (χ2n) is 11.7. The van der Waals surface area contributed by atoms with Crippen molar-refractivity contribution in [3.63, 3.8) is 0 Å². The molecule has 7 heteroatoms. The van der Waals surface area contributed by atoms with Gasteiger partial charge in [0.25, 0.3) is 0 Å². The molecule has 0 aliphatic rings. The average Bonchev–Trinajstić information content (AvgIpc) is 3.10. The molecule has 0 fully saturated rings. The summed E-state index contributed by atoms with van der Waals surface area (Å²) in [6, 6.07) is 7.73. The molecule has 1 amide bonds. The summed E-state index contributed by atoms with van der Waals surface area (Å²) in [5.74, 6) is -0.577. The first kappa shape index (κ1) is 43.1. The number of allylic oxidation sites excluding steroid dienone is 11. The molecular weight excluding hydrogens is 622 g/mol. The predicted octanol–water partition coefficient (Wildman–Crippen LogP) is 10.1. The van der Waals surface area contributed by atoms with Crippen LogP contribution in [-0.2, 0) is 14.4 Å². The zero-order chi connectivity index (χ0) is 36.5. The van der Waals surface area contributed by atoms with Crippen molar-refractivity contribution < 1.29 is 19.5 Å². The molecule has 7 nitrogen and oxygen atoms in total. The van der Waals surface area contributed by atoms with Crippen molar-refractivity contribution in [2.24, 2.45) is 0 Å². The molecule has 0 saturated carbocycles. The molecule has 50 heavy (non-hydrogen) atoms. The highest BCUT2D eigenvalue weighted by atomic mass is 16.4. The number of Topliss-reactive ketones (excluding diaryl/α,β-unsaturated/α-hetero) is 1. The molecular formula is C43H57N3O4. The molecule has 0 bridgehead atoms. The van der Waals surface area contributed by atoms with E-state index in [0.717, 1.165) is 67.5 Å². The van der Waals surface area contributed by atoms with Crippen molar-refractivity contribution >= 4 is 29.8 Å². The molecule has 0 spiro atoms. The number of amides is 1. The number of ketones is 1. The standard InChI is InChI=1S/C33H46N2O2.C10H11NO2/c1-3-4-5-6-7-8-9-10-11-12-13-14-15-16-17-18-19-25-33(37)34-28-21-24-32(36)23-20-22-31-27-26-30(2)35-29-31;1-8-5-6-9(7-11-8)3-2-4-10(12)13/h4-5,7-8,10-11,13-14,16-17,20,22,26-27,29H,3,6,9,12,15,18-19,21,23-25,28H2,1-2H3,(H,34,37);2-3,5-7H,4H2,1H3,(H,12,13)/b5-4-,8-7-,11-10-,14-13-,17-16-,22-20+;3-2+. The molecule has 268 valence electrons. The normalized spacial score (nSPS) is 11.9. The van der Waals surface area contributed by atoms with Gasteiger partial charge in [-0.2, -0.15) is 0 Å². The lowest BCUT2D eigenvalue weighted by molar-refractivity contribution is -0.136. The maximum atomic E-state index is 12.0. The van der Waals surface area contributed by atoms with Crippen LogP contribution in [0.2, 0.25) is 0 Å². The van der Waals surface area contributed by atoms with Gasteiger partial charge in [-0.05, 0) is 88.5 Å². The van der Waals surface area contributed by atoms with Gasteiger partial charge in [-0.1, -0.05) is 104 Å². The topological polar surface area (TPSA) is 109 Å². The largest absolute Gasteiger partial charge is 0.481 e. The van der Waals surface area contributed by atoms with Crippen molar-refractivity contribution in [3.05, 3.63) is 132 Å². The fourth-order valence-electron chi connectivity index (χ4n) is 4.23. The van der Waals surface area contributed by atoms with Gasteiger partial charge >= 0.3 is 5.97 Å². The van der Waals surface area contributed by atoms with Crippen LogP contribution in [0.25, 0.3) is 12.2 Å². The first-order chi connectivity index (χ1) is 24.3. The number of carboxylic acids is 1. The third-order valence-electron chi connectivity index (χ3n) is 7.01. The molecule has 0 saturated heterocycles. The number of aliphatic carboxylic acids is 1. The Bertz CT molecular complexity index is 1430. The maximum Gasteiger partial charge on any atom is 0.307 e. The molecule has 0 radical (unpaired) electrons. The molecule has 0 aliphatic heterocycles. The minimum atomic E-state index is -0.823. The number of nitrogens with one attached hydrogen (secondary N) is 1. The first-order valence-electron chi connectivity index (χ1n) is 17.7. The number of hydrogen-bond donors (Lipinski definition) is 2. The van der Waals surface area contributed by atoms with Crippen LogP contribution in [-0.4, -0.2) is 39.3 Å². The summed E-state index contributed by atoms with van der Waals surface area (Å²) in [6.45, 7) is 6.56. The Hall–Kier alpha value is -4.91. The van der Waals surface area contributed by atoms with E-state index >= 15 is 0 Å². The van der Waals surface area contributed by atoms with Gasteiger partial charge in [-0.3, -0.25) is 24.4 Å². The number of aryl methyl sites for hydroxylation is 2. The molecule has 2 heterocycles. The zero-order valence-corrected chi connectivity index (χ0v) is 30.3. The highest BCUT2D eigenvalue weighted by Gasteiger charge is 2.02. The van der Waals surface area contributed by atoms with Crippen LogP contribution in [0, 0.1) is 13.8 Å². The van der Waals surface area contributed by atoms with E-state index in [1.165, 1.54) is 0 Å². The van der Waals surface area contributed by atoms with Crippen molar-refractivity contribution in [2.45, 2.75) is 97.8 Å². The quantitative estimate of drug-likeness (QED) is 0.0894. The van der Waals surface area contributed by atoms with E-state index in [2.05, 4.69) is 83.0 Å². The van der Waals surface area contributed by atoms with Gasteiger partial charge in [0.15, 0.2) is 0 Å². The van der Waals surface area contributed by atoms with Gasteiger partial charge in [0.05, 0.1) is 6.42 Å². The molecule has 2 rings (SSSR count). The van der Waals surface area contributed by atoms with E-state index in [-0.39, 0.29) is 18.1 Å². The number of carbonyl (C=O) groups is 3. The lowest BCUT2D eigenvalue weighted by Gasteiger charge is -2.04. The third-order valence-corrected chi connectivity index (χ3v) is 7.01. The number of carboxylic acid groups (broad SMARTS) is 1. The predicted molar refractivity (Wildman–Crippen MR) is 208 cm³/mol. The average molecular weight is 680 g/mol. The highest BCUT2D eigenvalue weighted by molar-refractivity contribution is 5.81. The third kappa shape index (κ3) is 27.1. The molecule has 0 aliphatic carbocycles. The molecule has 2 aromatic heterocycles. The summed E-state index contributed by atoms with van der Waals surface area (Å²) in [5.41, 5.74) is 3.85. The van der Waals surface area contributed by atoms with Gasteiger partial charge in [0, 0.05) is 49.6 Å². The van der Waals surface area contributed by atoms with E-state index in [1.54, 1.807) is 24.5 Å². The minimum Gasteiger partial charge on any atom is -0.481 e. The lowest BCUT2D eigenvalue weighted by atomic mass is 10.1. The van der Waals surface area contributed by atoms with Crippen LogP contribution in [0.5, 0.6) is 0 Å². The van der Waals surface area contributed by atoms with Gasteiger partial charge in [-0.15, -0.1) is 0 Å². The molecule has 2 aromatic rings. The van der Waals surface area contributed by atoms with Crippen LogP contribution in [0.4, 0.5) is 0 Å². The number of pyridine rings is 2. The fourth-order valence-corrected chi connectivity index (χ4v) is 4.23. The van der Waals surface area contributed by atoms with Gasteiger partial charge in [-0.25, -0.2) is 0 Å². The number of hydrogen-bond acceptors (Lipinski definition) is 5. The zero-order valence-electron chi connectivity index (χ0n) is 30.3. The number of nitrogens with zero attached hydrogens (tertiary/aromatic N) is 2. The molecule has 0 atom stereocenters. The summed E-state index contributed by atoms with van der Waals surface area (Å²) in [7, 11) is 0. The fraction of sp³-hybridized carbons (Fsp3) is 0.372. The Morgan fingerprint density at radius 1 is 0.640 bits per heavy atom. The van der Waals surface area contributed by atoms with E-state index in [4.69, 9.17) is 5.11 Å². The Balaban J connectivity index is 0.000000799. The van der Waals surface area contributed by atoms with Crippen LogP contribution < -0.4 is 5.32 Å². The van der Waals surface area contributed by atoms with Crippen molar-refractivity contribution in [1.82, 2.24) is 15.3 Å². The van der Waals surface area contributed by atoms with Crippen LogP contribution in [0.3, 0.4) is 0 Å². The maximum absolute atomic E-state index is 12.0. The van der Waals surface area contributed by atoms with E-state index < -0.39 is 5.97 Å². The molecule has 2 N–H and O–H groups in total. The SMILES string of the molecule is CC/C=C\C/C=C\C/C=C\C/C=C\C/C=C\CCCC(=O)NCCCC(=O)C/C=C/c1ccc(C)nc1.Cc1ccc(/C=C/CC(=O)O)cn1. The lowest BCUT2D eigenvalue weighted by Crippen LogP contribution is -2.24. The summed E-state index contributed by atoms with van der Waals surface area (Å²) in [6.07, 6.45) is 41.4. The monoisotopic (exact) mass is 679 g/mol. The van der Waals surface area contributed by atoms with Crippen molar-refractivity contribution in [3.8, 4) is 0 Å². The number of rotatable bonds is 23. The van der Waals surface area contributed by atoms with Crippen molar-refractivity contribution in [2.75, 3.05) is 6.54 Å². The van der Waals surface area contributed by atoms with Crippen LogP contribution in [0.1, 0.15) is 106 Å². The van der Waals surface area contributed by atoms with Crippen molar-refractivity contribution in [1.29, 1.82) is 0 Å². The number of unbranched alkanes of at least 4 members (excludes halogenated alkanes) is 1. The Kier molecular flexibility index (Phi) is 26.0. The van der Waals surface area contributed by atoms with Crippen LogP contribution >= 0.6 is 0 Å². The first-order valence-corrected chi connectivity index (χ1v) is 17.7. The van der Waals surface area contributed by atoms with E-state index in [1.807, 2.05) is 50.3 Å². The second-order valence-corrected chi connectivity index (χ2v) is 11.7. The molecule has 0 unspecified atom stereocenters. The van der Waals surface area contributed by atoms with Crippen LogP contribution in [0.15, 0.2) is 110 Å². The smallest absolute Gasteiger partial charge is 0.307 e. The summed E-state index contributed by atoms with van der Waals surface area (Å²) in [5, 5.41) is 11.3. The minimum absolute atomic E-state index is 0.0495. The summed E-state index contributed by atoms with van der Waals surface area (Å²) in [4.78, 5) is 42.4. The van der Waals surface area contributed by atoms with Gasteiger partial charge in [0.1, 0.15) is 5.78 Å². The Morgan fingerprint density at radius 3 is 1.62 bits per heavy atom. The molecule has 0 aromatic carbocycles. The Labute approximate surface area is 300 Å². The summed E-state index contributed by atoms with van der Waals surface area (Å²) >= 11 is 0. The second kappa shape index (κ2) is 30.2. The highest BCUT2D eigenvalue weighted by Crippen LogP contribution is 2.05. The van der Waals surface area contributed by atoms with Gasteiger partial charge in [0.2, 0.25) is 5.91 Å².